The summed E-state index contributed by atoms with van der Waals surface area (Å²) in [5.41, 5.74) is 0. The number of hydrogen-bond donors (Lipinski definition) is 1. The molecule has 0 aliphatic carbocycles. The molecular weight excluding hydrogens is 248 g/mol. The predicted molar refractivity (Wildman–Crippen MR) is 71.0 cm³/mol. The van der Waals surface area contributed by atoms with Crippen molar-refractivity contribution in [2.24, 2.45) is 0 Å². The molecular formula is C13H22N2O4. The summed E-state index contributed by atoms with van der Waals surface area (Å²) < 4.78 is 5.36. The number of amides is 2. The summed E-state index contributed by atoms with van der Waals surface area (Å²) >= 11 is 0. The van der Waals surface area contributed by atoms with Crippen molar-refractivity contribution >= 4 is 12.0 Å². The van der Waals surface area contributed by atoms with E-state index in [4.69, 9.17) is 9.84 Å². The summed E-state index contributed by atoms with van der Waals surface area (Å²) in [7, 11) is 0. The van der Waals surface area contributed by atoms with Gasteiger partial charge in [-0.05, 0) is 6.42 Å². The Labute approximate surface area is 113 Å². The topological polar surface area (TPSA) is 70.1 Å². The highest BCUT2D eigenvalue weighted by molar-refractivity contribution is 5.75. The second-order valence-electron chi connectivity index (χ2n) is 4.55. The minimum absolute atomic E-state index is 0.0690. The van der Waals surface area contributed by atoms with E-state index in [1.165, 1.54) is 0 Å². The van der Waals surface area contributed by atoms with Gasteiger partial charge in [0.15, 0.2) is 0 Å². The number of hydrogen-bond acceptors (Lipinski definition) is 3. The second-order valence-corrected chi connectivity index (χ2v) is 4.55. The van der Waals surface area contributed by atoms with Gasteiger partial charge in [-0.3, -0.25) is 4.79 Å². The van der Waals surface area contributed by atoms with E-state index in [9.17, 15) is 9.59 Å². The maximum absolute atomic E-state index is 12.3. The van der Waals surface area contributed by atoms with E-state index in [1.807, 2.05) is 6.92 Å². The number of aliphatic carboxylic acids is 1. The molecule has 2 amide bonds. The van der Waals surface area contributed by atoms with Crippen LogP contribution in [-0.4, -0.2) is 65.8 Å². The number of urea groups is 1. The SMILES string of the molecule is C=CCN(CCC)C(=O)N1CCOC(CC(=O)O)C1. The Kier molecular flexibility index (Phi) is 6.35. The molecule has 108 valence electrons. The van der Waals surface area contributed by atoms with E-state index in [1.54, 1.807) is 15.9 Å². The molecule has 0 aromatic heterocycles. The first-order valence-corrected chi connectivity index (χ1v) is 6.56. The normalized spacial score (nSPS) is 19.0. The number of rotatable bonds is 6. The van der Waals surface area contributed by atoms with Gasteiger partial charge < -0.3 is 19.6 Å². The first-order chi connectivity index (χ1) is 9.08. The van der Waals surface area contributed by atoms with Gasteiger partial charge in [-0.25, -0.2) is 4.79 Å². The van der Waals surface area contributed by atoms with Crippen LogP contribution in [0, 0.1) is 0 Å². The Morgan fingerprint density at radius 3 is 2.89 bits per heavy atom. The van der Waals surface area contributed by atoms with E-state index in [0.717, 1.165) is 6.42 Å². The van der Waals surface area contributed by atoms with Gasteiger partial charge in [-0.2, -0.15) is 0 Å². The molecule has 1 saturated heterocycles. The number of carboxylic acids is 1. The maximum atomic E-state index is 12.3. The lowest BCUT2D eigenvalue weighted by Gasteiger charge is -2.35. The van der Waals surface area contributed by atoms with Crippen molar-refractivity contribution in [3.63, 3.8) is 0 Å². The predicted octanol–water partition coefficient (Wildman–Crippen LogP) is 1.18. The van der Waals surface area contributed by atoms with Crippen LogP contribution >= 0.6 is 0 Å². The lowest BCUT2D eigenvalue weighted by atomic mass is 10.2. The molecule has 1 aliphatic heterocycles. The third-order valence-electron chi connectivity index (χ3n) is 2.93. The van der Waals surface area contributed by atoms with Crippen LogP contribution in [-0.2, 0) is 9.53 Å². The van der Waals surface area contributed by atoms with Crippen LogP contribution in [0.1, 0.15) is 19.8 Å². The maximum Gasteiger partial charge on any atom is 0.320 e. The molecule has 6 heteroatoms. The zero-order chi connectivity index (χ0) is 14.3. The van der Waals surface area contributed by atoms with Gasteiger partial charge in [0.05, 0.1) is 19.1 Å². The van der Waals surface area contributed by atoms with Crippen LogP contribution < -0.4 is 0 Å². The van der Waals surface area contributed by atoms with Crippen LogP contribution in [0.2, 0.25) is 0 Å². The highest BCUT2D eigenvalue weighted by atomic mass is 16.5. The van der Waals surface area contributed by atoms with Crippen molar-refractivity contribution in [1.82, 2.24) is 9.80 Å². The minimum atomic E-state index is -0.907. The number of carbonyl (C=O) groups excluding carboxylic acids is 1. The molecule has 6 nitrogen and oxygen atoms in total. The first-order valence-electron chi connectivity index (χ1n) is 6.56. The quantitative estimate of drug-likeness (QED) is 0.736. The van der Waals surface area contributed by atoms with Crippen LogP contribution in [0.25, 0.3) is 0 Å². The lowest BCUT2D eigenvalue weighted by molar-refractivity contribution is -0.141. The van der Waals surface area contributed by atoms with Gasteiger partial charge in [-0.1, -0.05) is 13.0 Å². The molecule has 1 heterocycles. The smallest absolute Gasteiger partial charge is 0.320 e. The summed E-state index contributed by atoms with van der Waals surface area (Å²) in [6, 6.07) is -0.0690. The highest BCUT2D eigenvalue weighted by Crippen LogP contribution is 2.11. The molecule has 1 unspecified atom stereocenters. The highest BCUT2D eigenvalue weighted by Gasteiger charge is 2.28. The molecule has 1 fully saturated rings. The van der Waals surface area contributed by atoms with Gasteiger partial charge in [0.2, 0.25) is 0 Å². The third-order valence-corrected chi connectivity index (χ3v) is 2.93. The number of nitrogens with zero attached hydrogens (tertiary/aromatic N) is 2. The molecule has 19 heavy (non-hydrogen) atoms. The fraction of sp³-hybridized carbons (Fsp3) is 0.692. The molecule has 1 rings (SSSR count). The second kappa shape index (κ2) is 7.78. The van der Waals surface area contributed by atoms with Gasteiger partial charge >= 0.3 is 12.0 Å². The van der Waals surface area contributed by atoms with Crippen LogP contribution in [0.3, 0.4) is 0 Å². The van der Waals surface area contributed by atoms with E-state index >= 15 is 0 Å². The fourth-order valence-electron chi connectivity index (χ4n) is 2.10. The van der Waals surface area contributed by atoms with E-state index in [-0.39, 0.29) is 12.5 Å². The molecule has 0 spiro atoms. The van der Waals surface area contributed by atoms with Crippen molar-refractivity contribution in [3.8, 4) is 0 Å². The molecule has 1 aliphatic rings. The molecule has 1 N–H and O–H groups in total. The summed E-state index contributed by atoms with van der Waals surface area (Å²) in [6.45, 7) is 8.07. The van der Waals surface area contributed by atoms with Gasteiger partial charge in [-0.15, -0.1) is 6.58 Å². The molecule has 0 aromatic rings. The van der Waals surface area contributed by atoms with Crippen LogP contribution in [0.4, 0.5) is 4.79 Å². The summed E-state index contributed by atoms with van der Waals surface area (Å²) in [4.78, 5) is 26.4. The average Bonchev–Trinajstić information content (AvgIpc) is 2.37. The van der Waals surface area contributed by atoms with E-state index in [2.05, 4.69) is 6.58 Å². The van der Waals surface area contributed by atoms with Crippen molar-refractivity contribution in [3.05, 3.63) is 12.7 Å². The number of ether oxygens (including phenoxy) is 1. The van der Waals surface area contributed by atoms with Crippen molar-refractivity contribution in [1.29, 1.82) is 0 Å². The Hall–Kier alpha value is -1.56. The van der Waals surface area contributed by atoms with Crippen molar-refractivity contribution in [2.45, 2.75) is 25.9 Å². The van der Waals surface area contributed by atoms with Gasteiger partial charge in [0.1, 0.15) is 0 Å². The van der Waals surface area contributed by atoms with Gasteiger partial charge in [0, 0.05) is 26.2 Å². The fourth-order valence-corrected chi connectivity index (χ4v) is 2.10. The zero-order valence-electron chi connectivity index (χ0n) is 11.4. The molecule has 0 radical (unpaired) electrons. The standard InChI is InChI=1S/C13H22N2O4/c1-3-5-14(6-4-2)13(18)15-7-8-19-11(10-15)9-12(16)17/h3,11H,1,4-10H2,2H3,(H,16,17). The summed E-state index contributed by atoms with van der Waals surface area (Å²) in [5.74, 6) is -0.907. The number of carboxylic acid groups (broad SMARTS) is 1. The first kappa shape index (κ1) is 15.5. The number of carbonyl (C=O) groups is 2. The third kappa shape index (κ3) is 4.90. The molecule has 1 atom stereocenters. The molecule has 0 aromatic carbocycles. The van der Waals surface area contributed by atoms with Gasteiger partial charge in [0.25, 0.3) is 0 Å². The molecule has 0 saturated carbocycles. The number of morpholine rings is 1. The minimum Gasteiger partial charge on any atom is -0.481 e. The summed E-state index contributed by atoms with van der Waals surface area (Å²) in [5, 5.41) is 8.76. The Morgan fingerprint density at radius 2 is 2.32 bits per heavy atom. The lowest BCUT2D eigenvalue weighted by Crippen LogP contribution is -2.51. The Morgan fingerprint density at radius 1 is 1.58 bits per heavy atom. The zero-order valence-corrected chi connectivity index (χ0v) is 11.4. The van der Waals surface area contributed by atoms with Crippen molar-refractivity contribution < 1.29 is 19.4 Å². The van der Waals surface area contributed by atoms with E-state index in [0.29, 0.717) is 32.8 Å². The molecule has 0 bridgehead atoms. The monoisotopic (exact) mass is 270 g/mol. The van der Waals surface area contributed by atoms with Crippen LogP contribution in [0.15, 0.2) is 12.7 Å². The van der Waals surface area contributed by atoms with Crippen LogP contribution in [0.5, 0.6) is 0 Å². The summed E-state index contributed by atoms with van der Waals surface area (Å²) in [6.07, 6.45) is 2.09. The Balaban J connectivity index is 2.58. The van der Waals surface area contributed by atoms with E-state index < -0.39 is 12.1 Å². The largest absolute Gasteiger partial charge is 0.481 e. The van der Waals surface area contributed by atoms with Crippen molar-refractivity contribution in [2.75, 3.05) is 32.8 Å². The Bertz CT molecular complexity index is 333. The average molecular weight is 270 g/mol.